The first-order chi connectivity index (χ1) is 12.4. The number of pyridine rings is 2. The van der Waals surface area contributed by atoms with Crippen LogP contribution in [-0.4, -0.2) is 64.7 Å². The summed E-state index contributed by atoms with van der Waals surface area (Å²) >= 11 is 0. The maximum atomic E-state index is 5.56. The number of hydrogen-bond donors (Lipinski definition) is 0. The van der Waals surface area contributed by atoms with Crippen molar-refractivity contribution in [1.82, 2.24) is 19.8 Å². The van der Waals surface area contributed by atoms with Crippen LogP contribution in [0.15, 0.2) is 48.9 Å². The molecule has 2 saturated heterocycles. The molecule has 5 nitrogen and oxygen atoms in total. The van der Waals surface area contributed by atoms with Gasteiger partial charge in [0.15, 0.2) is 0 Å². The summed E-state index contributed by atoms with van der Waals surface area (Å²) < 4.78 is 5.56. The van der Waals surface area contributed by atoms with Crippen LogP contribution in [0.1, 0.15) is 17.7 Å². The van der Waals surface area contributed by atoms with Crippen molar-refractivity contribution in [2.45, 2.75) is 31.5 Å². The first kappa shape index (κ1) is 16.6. The van der Waals surface area contributed by atoms with Gasteiger partial charge in [-0.15, -0.1) is 0 Å². The van der Waals surface area contributed by atoms with Gasteiger partial charge in [-0.25, -0.2) is 0 Å². The largest absolute Gasteiger partial charge is 0.379 e. The number of aromatic nitrogens is 2. The summed E-state index contributed by atoms with van der Waals surface area (Å²) in [5.41, 5.74) is 2.47. The minimum absolute atomic E-state index is 0.504. The molecule has 0 aliphatic carbocycles. The van der Waals surface area contributed by atoms with Crippen molar-refractivity contribution < 1.29 is 4.74 Å². The highest BCUT2D eigenvalue weighted by Gasteiger charge is 2.38. The Hall–Kier alpha value is -1.82. The highest BCUT2D eigenvalue weighted by atomic mass is 16.5. The Morgan fingerprint density at radius 2 is 1.96 bits per heavy atom. The van der Waals surface area contributed by atoms with Gasteiger partial charge in [-0.3, -0.25) is 19.8 Å². The SMILES string of the molecule is c1ccc(CN2CC[C@H](N3CCOCC3)[C@H]2Cc2cccnc2)nc1. The normalized spacial score (nSPS) is 25.3. The Bertz CT molecular complexity index is 645. The molecule has 2 aromatic heterocycles. The molecule has 0 aromatic carbocycles. The van der Waals surface area contributed by atoms with E-state index in [9.17, 15) is 0 Å². The van der Waals surface area contributed by atoms with Gasteiger partial charge in [-0.2, -0.15) is 0 Å². The first-order valence-electron chi connectivity index (χ1n) is 9.25. The van der Waals surface area contributed by atoms with Gasteiger partial charge in [0, 0.05) is 56.9 Å². The average Bonchev–Trinajstić information content (AvgIpc) is 3.06. The third-order valence-corrected chi connectivity index (χ3v) is 5.40. The summed E-state index contributed by atoms with van der Waals surface area (Å²) in [6.07, 6.45) is 8.01. The minimum Gasteiger partial charge on any atom is -0.379 e. The Balaban J connectivity index is 1.52. The molecule has 2 fully saturated rings. The van der Waals surface area contributed by atoms with E-state index >= 15 is 0 Å². The van der Waals surface area contributed by atoms with Gasteiger partial charge in [0.25, 0.3) is 0 Å². The van der Waals surface area contributed by atoms with Gasteiger partial charge >= 0.3 is 0 Å². The molecule has 132 valence electrons. The zero-order valence-corrected chi connectivity index (χ0v) is 14.6. The number of ether oxygens (including phenoxy) is 1. The molecule has 2 aromatic rings. The maximum Gasteiger partial charge on any atom is 0.0594 e. The lowest BCUT2D eigenvalue weighted by Crippen LogP contribution is -2.50. The fourth-order valence-electron chi connectivity index (χ4n) is 4.16. The van der Waals surface area contributed by atoms with Crippen LogP contribution >= 0.6 is 0 Å². The number of nitrogens with zero attached hydrogens (tertiary/aromatic N) is 4. The first-order valence-corrected chi connectivity index (χ1v) is 9.25. The topological polar surface area (TPSA) is 41.5 Å². The summed E-state index contributed by atoms with van der Waals surface area (Å²) in [7, 11) is 0. The molecule has 4 heterocycles. The van der Waals surface area contributed by atoms with Crippen molar-refractivity contribution in [3.8, 4) is 0 Å². The van der Waals surface area contributed by atoms with Crippen LogP contribution in [0.2, 0.25) is 0 Å². The molecule has 0 radical (unpaired) electrons. The minimum atomic E-state index is 0.504. The van der Waals surface area contributed by atoms with Crippen LogP contribution in [-0.2, 0) is 17.7 Å². The van der Waals surface area contributed by atoms with Crippen LogP contribution in [0.25, 0.3) is 0 Å². The number of morpholine rings is 1. The summed E-state index contributed by atoms with van der Waals surface area (Å²) in [5, 5.41) is 0. The van der Waals surface area contributed by atoms with E-state index in [0.717, 1.165) is 51.5 Å². The van der Waals surface area contributed by atoms with E-state index in [4.69, 9.17) is 4.74 Å². The quantitative estimate of drug-likeness (QED) is 0.834. The van der Waals surface area contributed by atoms with Crippen molar-refractivity contribution >= 4 is 0 Å². The highest BCUT2D eigenvalue weighted by molar-refractivity contribution is 5.13. The molecule has 2 aliphatic heterocycles. The van der Waals surface area contributed by atoms with Gasteiger partial charge < -0.3 is 4.74 Å². The Morgan fingerprint density at radius 3 is 2.72 bits per heavy atom. The molecule has 0 N–H and O–H groups in total. The molecule has 2 atom stereocenters. The predicted octanol–water partition coefficient (Wildman–Crippen LogP) is 1.99. The molecule has 0 saturated carbocycles. The van der Waals surface area contributed by atoms with E-state index in [1.165, 1.54) is 12.0 Å². The van der Waals surface area contributed by atoms with Crippen molar-refractivity contribution in [2.24, 2.45) is 0 Å². The van der Waals surface area contributed by atoms with E-state index in [1.54, 1.807) is 0 Å². The predicted molar refractivity (Wildman–Crippen MR) is 97.2 cm³/mol. The molecule has 4 rings (SSSR count). The second-order valence-electron chi connectivity index (χ2n) is 6.93. The van der Waals surface area contributed by atoms with Crippen LogP contribution in [0.3, 0.4) is 0 Å². The highest BCUT2D eigenvalue weighted by Crippen LogP contribution is 2.28. The van der Waals surface area contributed by atoms with Crippen LogP contribution in [0, 0.1) is 0 Å². The summed E-state index contributed by atoms with van der Waals surface area (Å²) in [6, 6.07) is 11.5. The summed E-state index contributed by atoms with van der Waals surface area (Å²) in [5.74, 6) is 0. The molecule has 25 heavy (non-hydrogen) atoms. The van der Waals surface area contributed by atoms with E-state index < -0.39 is 0 Å². The Labute approximate surface area is 149 Å². The molecule has 5 heteroatoms. The van der Waals surface area contributed by atoms with Gasteiger partial charge in [-0.1, -0.05) is 12.1 Å². The van der Waals surface area contributed by atoms with Crippen LogP contribution < -0.4 is 0 Å². The third kappa shape index (κ3) is 4.06. The molecular formula is C20H26N4O. The lowest BCUT2D eigenvalue weighted by molar-refractivity contribution is 0.00782. The Morgan fingerprint density at radius 1 is 1.04 bits per heavy atom. The zero-order chi connectivity index (χ0) is 16.9. The van der Waals surface area contributed by atoms with Crippen LogP contribution in [0.4, 0.5) is 0 Å². The standard InChI is InChI=1S/C20H26N4O/c1-2-8-22-18(5-1)16-24-9-6-19(23-10-12-25-13-11-23)20(24)14-17-4-3-7-21-15-17/h1-5,7-8,15,19-20H,6,9-14,16H2/t19-,20+/m0/s1. The summed E-state index contributed by atoms with van der Waals surface area (Å²) in [4.78, 5) is 14.1. The average molecular weight is 338 g/mol. The fourth-order valence-corrected chi connectivity index (χ4v) is 4.16. The zero-order valence-electron chi connectivity index (χ0n) is 14.6. The van der Waals surface area contributed by atoms with Crippen molar-refractivity contribution in [1.29, 1.82) is 0 Å². The lowest BCUT2D eigenvalue weighted by Gasteiger charge is -2.37. The molecular weight excluding hydrogens is 312 g/mol. The van der Waals surface area contributed by atoms with Crippen molar-refractivity contribution in [3.63, 3.8) is 0 Å². The van der Waals surface area contributed by atoms with Gasteiger partial charge in [-0.05, 0) is 36.6 Å². The molecule has 2 aliphatic rings. The van der Waals surface area contributed by atoms with Gasteiger partial charge in [0.2, 0.25) is 0 Å². The summed E-state index contributed by atoms with van der Waals surface area (Å²) in [6.45, 7) is 5.86. The van der Waals surface area contributed by atoms with Crippen LogP contribution in [0.5, 0.6) is 0 Å². The second-order valence-corrected chi connectivity index (χ2v) is 6.93. The third-order valence-electron chi connectivity index (χ3n) is 5.40. The molecule has 0 unspecified atom stereocenters. The lowest BCUT2D eigenvalue weighted by atomic mass is 9.99. The molecule has 0 amide bonds. The van der Waals surface area contributed by atoms with Crippen molar-refractivity contribution in [3.05, 3.63) is 60.2 Å². The van der Waals surface area contributed by atoms with E-state index in [-0.39, 0.29) is 0 Å². The number of rotatable bonds is 5. The maximum absolute atomic E-state index is 5.56. The van der Waals surface area contributed by atoms with Crippen molar-refractivity contribution in [2.75, 3.05) is 32.8 Å². The number of hydrogen-bond acceptors (Lipinski definition) is 5. The monoisotopic (exact) mass is 338 g/mol. The van der Waals surface area contributed by atoms with Gasteiger partial charge in [0.1, 0.15) is 0 Å². The smallest absolute Gasteiger partial charge is 0.0594 e. The second kappa shape index (κ2) is 8.04. The molecule has 0 spiro atoms. The van der Waals surface area contributed by atoms with E-state index in [2.05, 4.69) is 38.0 Å². The van der Waals surface area contributed by atoms with Gasteiger partial charge in [0.05, 0.1) is 18.9 Å². The Kier molecular flexibility index (Phi) is 5.35. The fraction of sp³-hybridized carbons (Fsp3) is 0.500. The number of likely N-dealkylation sites (tertiary alicyclic amines) is 1. The molecule has 0 bridgehead atoms. The van der Waals surface area contributed by atoms with E-state index in [1.807, 2.05) is 30.7 Å². The van der Waals surface area contributed by atoms with E-state index in [0.29, 0.717) is 12.1 Å².